The number of hydrogen-bond donors (Lipinski definition) is 1. The normalized spacial score (nSPS) is 17.0. The average Bonchev–Trinajstić information content (AvgIpc) is 2.76. The maximum absolute atomic E-state index is 12.8. The van der Waals surface area contributed by atoms with Gasteiger partial charge in [-0.3, -0.25) is 14.3 Å². The first-order chi connectivity index (χ1) is 14.2. The van der Waals surface area contributed by atoms with Crippen LogP contribution in [0.2, 0.25) is 0 Å². The van der Waals surface area contributed by atoms with Crippen LogP contribution in [0, 0.1) is 0 Å². The van der Waals surface area contributed by atoms with E-state index in [1.807, 2.05) is 12.1 Å². The summed E-state index contributed by atoms with van der Waals surface area (Å²) in [6.07, 6.45) is 13.3. The molecule has 0 bridgehead atoms. The lowest BCUT2D eigenvalue weighted by atomic mass is 9.95. The molecule has 0 unspecified atom stereocenters. The zero-order valence-electron chi connectivity index (χ0n) is 16.7. The molecule has 0 spiro atoms. The van der Waals surface area contributed by atoms with Gasteiger partial charge in [-0.15, -0.1) is 0 Å². The SMILES string of the molecule is O=C(CSc1nc(=O)n(Cc2ccncc2)c2c1CCCC2)NC1CCCCC1. The molecular formula is C22H28N4O2S. The maximum Gasteiger partial charge on any atom is 0.349 e. The van der Waals surface area contributed by atoms with E-state index in [0.29, 0.717) is 18.3 Å². The van der Waals surface area contributed by atoms with Gasteiger partial charge in [-0.25, -0.2) is 4.79 Å². The van der Waals surface area contributed by atoms with E-state index in [0.717, 1.165) is 60.4 Å². The molecule has 0 aromatic carbocycles. The molecule has 6 nitrogen and oxygen atoms in total. The Labute approximate surface area is 175 Å². The molecule has 154 valence electrons. The summed E-state index contributed by atoms with van der Waals surface area (Å²) in [6, 6.07) is 4.17. The van der Waals surface area contributed by atoms with Crippen molar-refractivity contribution >= 4 is 17.7 Å². The number of thioether (sulfide) groups is 1. The number of aromatic nitrogens is 3. The minimum atomic E-state index is -0.224. The van der Waals surface area contributed by atoms with Crippen LogP contribution in [-0.2, 0) is 24.2 Å². The Morgan fingerprint density at radius 1 is 1.10 bits per heavy atom. The van der Waals surface area contributed by atoms with Crippen molar-refractivity contribution in [2.75, 3.05) is 5.75 Å². The van der Waals surface area contributed by atoms with Gasteiger partial charge in [-0.1, -0.05) is 31.0 Å². The Morgan fingerprint density at radius 2 is 1.86 bits per heavy atom. The number of nitrogens with one attached hydrogen (secondary N) is 1. The number of pyridine rings is 1. The van der Waals surface area contributed by atoms with Crippen LogP contribution in [0.5, 0.6) is 0 Å². The average molecular weight is 413 g/mol. The second-order valence-corrected chi connectivity index (χ2v) is 8.93. The minimum absolute atomic E-state index is 0.0502. The van der Waals surface area contributed by atoms with Crippen LogP contribution in [0.15, 0.2) is 34.3 Å². The molecule has 2 heterocycles. The van der Waals surface area contributed by atoms with Gasteiger partial charge < -0.3 is 5.32 Å². The number of amides is 1. The number of fused-ring (bicyclic) bond motifs is 1. The van der Waals surface area contributed by atoms with Gasteiger partial charge in [-0.05, 0) is 56.2 Å². The van der Waals surface area contributed by atoms with Gasteiger partial charge >= 0.3 is 5.69 Å². The fourth-order valence-electron chi connectivity index (χ4n) is 4.35. The second-order valence-electron chi connectivity index (χ2n) is 7.96. The summed E-state index contributed by atoms with van der Waals surface area (Å²) in [5.41, 5.74) is 3.06. The fourth-order valence-corrected chi connectivity index (χ4v) is 5.24. The summed E-state index contributed by atoms with van der Waals surface area (Å²) in [4.78, 5) is 33.6. The van der Waals surface area contributed by atoms with Crippen molar-refractivity contribution in [3.8, 4) is 0 Å². The van der Waals surface area contributed by atoms with E-state index >= 15 is 0 Å². The van der Waals surface area contributed by atoms with Gasteiger partial charge in [-0.2, -0.15) is 4.98 Å². The van der Waals surface area contributed by atoms with Gasteiger partial charge in [0.2, 0.25) is 5.91 Å². The van der Waals surface area contributed by atoms with Crippen molar-refractivity contribution < 1.29 is 4.79 Å². The molecule has 2 aromatic heterocycles. The Kier molecular flexibility index (Phi) is 6.64. The summed E-state index contributed by atoms with van der Waals surface area (Å²) >= 11 is 1.41. The quantitative estimate of drug-likeness (QED) is 0.583. The van der Waals surface area contributed by atoms with E-state index in [2.05, 4.69) is 15.3 Å². The zero-order valence-corrected chi connectivity index (χ0v) is 17.5. The lowest BCUT2D eigenvalue weighted by Crippen LogP contribution is -2.37. The van der Waals surface area contributed by atoms with Crippen molar-refractivity contribution in [3.05, 3.63) is 51.8 Å². The Balaban J connectivity index is 1.49. The van der Waals surface area contributed by atoms with Gasteiger partial charge in [0.15, 0.2) is 0 Å². The molecule has 1 fully saturated rings. The second kappa shape index (κ2) is 9.57. The molecule has 2 aliphatic carbocycles. The molecule has 0 atom stereocenters. The molecule has 2 aliphatic rings. The lowest BCUT2D eigenvalue weighted by Gasteiger charge is -2.24. The highest BCUT2D eigenvalue weighted by Gasteiger charge is 2.22. The number of nitrogens with zero attached hydrogens (tertiary/aromatic N) is 3. The molecule has 0 saturated heterocycles. The van der Waals surface area contributed by atoms with Gasteiger partial charge in [0.05, 0.1) is 12.3 Å². The molecule has 2 aromatic rings. The monoisotopic (exact) mass is 412 g/mol. The van der Waals surface area contributed by atoms with Crippen LogP contribution in [0.3, 0.4) is 0 Å². The third kappa shape index (κ3) is 5.07. The molecule has 1 N–H and O–H groups in total. The Hall–Kier alpha value is -2.15. The Morgan fingerprint density at radius 3 is 2.66 bits per heavy atom. The van der Waals surface area contributed by atoms with Crippen LogP contribution >= 0.6 is 11.8 Å². The highest BCUT2D eigenvalue weighted by molar-refractivity contribution is 7.99. The van der Waals surface area contributed by atoms with Gasteiger partial charge in [0.1, 0.15) is 5.03 Å². The molecular weight excluding hydrogens is 384 g/mol. The van der Waals surface area contributed by atoms with E-state index in [9.17, 15) is 9.59 Å². The van der Waals surface area contributed by atoms with E-state index in [1.165, 1.54) is 31.0 Å². The largest absolute Gasteiger partial charge is 0.353 e. The third-order valence-electron chi connectivity index (χ3n) is 5.85. The molecule has 1 amide bonds. The summed E-state index contributed by atoms with van der Waals surface area (Å²) in [7, 11) is 0. The topological polar surface area (TPSA) is 76.9 Å². The molecule has 1 saturated carbocycles. The van der Waals surface area contributed by atoms with E-state index in [1.54, 1.807) is 17.0 Å². The molecule has 0 radical (unpaired) electrons. The maximum atomic E-state index is 12.8. The molecule has 29 heavy (non-hydrogen) atoms. The number of carbonyl (C=O) groups is 1. The first kappa shape index (κ1) is 20.1. The summed E-state index contributed by atoms with van der Waals surface area (Å²) < 4.78 is 1.80. The van der Waals surface area contributed by atoms with Crippen molar-refractivity contribution in [1.29, 1.82) is 0 Å². The predicted octanol–water partition coefficient (Wildman–Crippen LogP) is 3.11. The molecule has 0 aliphatic heterocycles. The number of rotatable bonds is 6. The summed E-state index contributed by atoms with van der Waals surface area (Å²) in [6.45, 7) is 0.518. The van der Waals surface area contributed by atoms with Crippen molar-refractivity contribution in [2.45, 2.75) is 75.4 Å². The predicted molar refractivity (Wildman–Crippen MR) is 114 cm³/mol. The summed E-state index contributed by atoms with van der Waals surface area (Å²) in [5, 5.41) is 3.90. The standard InChI is InChI=1S/C22H28N4O2S/c27-20(24-17-6-2-1-3-7-17)15-29-21-18-8-4-5-9-19(18)26(22(28)25-21)14-16-10-12-23-13-11-16/h10-13,17H,1-9,14-15H2,(H,24,27). The number of hydrogen-bond acceptors (Lipinski definition) is 5. The lowest BCUT2D eigenvalue weighted by molar-refractivity contribution is -0.119. The highest BCUT2D eigenvalue weighted by atomic mass is 32.2. The van der Waals surface area contributed by atoms with Gasteiger partial charge in [0, 0.05) is 29.7 Å². The van der Waals surface area contributed by atoms with E-state index in [-0.39, 0.29) is 11.6 Å². The van der Waals surface area contributed by atoms with Crippen LogP contribution < -0.4 is 11.0 Å². The van der Waals surface area contributed by atoms with Crippen molar-refractivity contribution in [3.63, 3.8) is 0 Å². The van der Waals surface area contributed by atoms with Crippen molar-refractivity contribution in [2.24, 2.45) is 0 Å². The molecule has 7 heteroatoms. The Bertz CT molecular complexity index is 907. The van der Waals surface area contributed by atoms with Crippen LogP contribution in [0.4, 0.5) is 0 Å². The van der Waals surface area contributed by atoms with Crippen molar-refractivity contribution in [1.82, 2.24) is 19.9 Å². The van der Waals surface area contributed by atoms with Crippen LogP contribution in [0.1, 0.15) is 61.8 Å². The van der Waals surface area contributed by atoms with Gasteiger partial charge in [0.25, 0.3) is 0 Å². The highest BCUT2D eigenvalue weighted by Crippen LogP contribution is 2.29. The zero-order chi connectivity index (χ0) is 20.1. The van der Waals surface area contributed by atoms with Crippen LogP contribution in [0.25, 0.3) is 0 Å². The fraction of sp³-hybridized carbons (Fsp3) is 0.545. The first-order valence-electron chi connectivity index (χ1n) is 10.6. The van der Waals surface area contributed by atoms with E-state index < -0.39 is 0 Å². The minimum Gasteiger partial charge on any atom is -0.353 e. The number of carbonyl (C=O) groups excluding carboxylic acids is 1. The smallest absolute Gasteiger partial charge is 0.349 e. The van der Waals surface area contributed by atoms with E-state index in [4.69, 9.17) is 0 Å². The summed E-state index contributed by atoms with van der Waals surface area (Å²) in [5.74, 6) is 0.373. The van der Waals surface area contributed by atoms with Crippen LogP contribution in [-0.4, -0.2) is 32.2 Å². The third-order valence-corrected chi connectivity index (χ3v) is 6.87. The molecule has 4 rings (SSSR count). The first-order valence-corrected chi connectivity index (χ1v) is 11.6.